The van der Waals surface area contributed by atoms with Crippen LogP contribution in [-0.4, -0.2) is 35.2 Å². The molecule has 1 amide bonds. The summed E-state index contributed by atoms with van der Waals surface area (Å²) in [5, 5.41) is 14.3. The van der Waals surface area contributed by atoms with Gasteiger partial charge < -0.3 is 20.8 Å². The quantitative estimate of drug-likeness (QED) is 0.618. The maximum Gasteiger partial charge on any atom is 0.252 e. The van der Waals surface area contributed by atoms with E-state index in [1.807, 2.05) is 19.9 Å². The number of rotatable bonds is 8. The average Bonchev–Trinajstić information content (AvgIpc) is 3.16. The molecule has 27 heavy (non-hydrogen) atoms. The van der Waals surface area contributed by atoms with E-state index in [-0.39, 0.29) is 17.9 Å². The SMILES string of the molecule is CC#C[C@@H](C)NC(=O)c1cc(NCCC)cc(-c2nnc(C(C)CN)o2)c1. The van der Waals surface area contributed by atoms with Crippen molar-refractivity contribution in [3.8, 4) is 23.3 Å². The van der Waals surface area contributed by atoms with Gasteiger partial charge in [0.1, 0.15) is 0 Å². The topological polar surface area (TPSA) is 106 Å². The Balaban J connectivity index is 2.36. The molecule has 0 aliphatic carbocycles. The van der Waals surface area contributed by atoms with Gasteiger partial charge in [-0.05, 0) is 38.5 Å². The van der Waals surface area contributed by atoms with Gasteiger partial charge in [0, 0.05) is 35.8 Å². The minimum absolute atomic E-state index is 0.0242. The number of nitrogens with zero attached hydrogens (tertiary/aromatic N) is 2. The zero-order valence-electron chi connectivity index (χ0n) is 16.3. The van der Waals surface area contributed by atoms with E-state index in [4.69, 9.17) is 10.2 Å². The molecule has 0 fully saturated rings. The lowest BCUT2D eigenvalue weighted by Gasteiger charge is -2.12. The van der Waals surface area contributed by atoms with Crippen molar-refractivity contribution in [2.24, 2.45) is 5.73 Å². The van der Waals surface area contributed by atoms with Crippen LogP contribution in [0.2, 0.25) is 0 Å². The molecule has 7 nitrogen and oxygen atoms in total. The smallest absolute Gasteiger partial charge is 0.252 e. The van der Waals surface area contributed by atoms with Crippen LogP contribution in [0.25, 0.3) is 11.5 Å². The number of carbonyl (C=O) groups is 1. The first kappa shape index (κ1) is 20.5. The van der Waals surface area contributed by atoms with Gasteiger partial charge in [-0.25, -0.2) is 0 Å². The maximum absolute atomic E-state index is 12.6. The molecule has 1 aromatic heterocycles. The van der Waals surface area contributed by atoms with Crippen LogP contribution >= 0.6 is 0 Å². The first-order valence-electron chi connectivity index (χ1n) is 9.14. The molecular formula is C20H27N5O2. The zero-order valence-corrected chi connectivity index (χ0v) is 16.3. The lowest BCUT2D eigenvalue weighted by atomic mass is 10.1. The number of nitrogens with one attached hydrogen (secondary N) is 2. The summed E-state index contributed by atoms with van der Waals surface area (Å²) in [6, 6.07) is 5.20. The summed E-state index contributed by atoms with van der Waals surface area (Å²) in [6.07, 6.45) is 0.966. The molecule has 0 saturated carbocycles. The highest BCUT2D eigenvalue weighted by Gasteiger charge is 2.17. The van der Waals surface area contributed by atoms with Crippen molar-refractivity contribution in [3.05, 3.63) is 29.7 Å². The molecule has 2 rings (SSSR count). The summed E-state index contributed by atoms with van der Waals surface area (Å²) in [5.41, 5.74) is 7.67. The third-order valence-corrected chi connectivity index (χ3v) is 3.95. The number of hydrogen-bond donors (Lipinski definition) is 3. The normalized spacial score (nSPS) is 12.6. The number of benzene rings is 1. The van der Waals surface area contributed by atoms with E-state index in [1.165, 1.54) is 0 Å². The molecule has 0 radical (unpaired) electrons. The molecule has 144 valence electrons. The molecule has 4 N–H and O–H groups in total. The fraction of sp³-hybridized carbons (Fsp3) is 0.450. The lowest BCUT2D eigenvalue weighted by molar-refractivity contribution is 0.0948. The average molecular weight is 369 g/mol. The van der Waals surface area contributed by atoms with Crippen LogP contribution in [0.5, 0.6) is 0 Å². The molecule has 0 aliphatic heterocycles. The number of aromatic nitrogens is 2. The van der Waals surface area contributed by atoms with Crippen molar-refractivity contribution < 1.29 is 9.21 Å². The van der Waals surface area contributed by atoms with Crippen LogP contribution in [0.15, 0.2) is 22.6 Å². The second-order valence-corrected chi connectivity index (χ2v) is 6.40. The summed E-state index contributed by atoms with van der Waals surface area (Å²) in [4.78, 5) is 12.6. The van der Waals surface area contributed by atoms with Crippen LogP contribution in [0.4, 0.5) is 5.69 Å². The van der Waals surface area contributed by atoms with E-state index in [2.05, 4.69) is 39.6 Å². The molecular weight excluding hydrogens is 342 g/mol. The fourth-order valence-corrected chi connectivity index (χ4v) is 2.44. The lowest BCUT2D eigenvalue weighted by Crippen LogP contribution is -2.31. The van der Waals surface area contributed by atoms with Crippen LogP contribution in [0.3, 0.4) is 0 Å². The first-order valence-corrected chi connectivity index (χ1v) is 9.14. The van der Waals surface area contributed by atoms with Crippen molar-refractivity contribution in [1.82, 2.24) is 15.5 Å². The molecule has 0 saturated heterocycles. The third-order valence-electron chi connectivity index (χ3n) is 3.95. The molecule has 0 aliphatic rings. The number of hydrogen-bond acceptors (Lipinski definition) is 6. The van der Waals surface area contributed by atoms with E-state index < -0.39 is 0 Å². The Hall–Kier alpha value is -2.85. The second kappa shape index (κ2) is 9.74. The predicted molar refractivity (Wildman–Crippen MR) is 106 cm³/mol. The van der Waals surface area contributed by atoms with Gasteiger partial charge in [0.15, 0.2) is 0 Å². The number of amides is 1. The Morgan fingerprint density at radius 2 is 2.07 bits per heavy atom. The molecule has 0 bridgehead atoms. The van der Waals surface area contributed by atoms with Gasteiger partial charge in [-0.15, -0.1) is 16.1 Å². The Kier molecular flexibility index (Phi) is 7.38. The standard InChI is InChI=1S/C20H27N5O2/c1-5-7-14(4)23-18(26)15-9-16(11-17(10-15)22-8-6-2)20-25-24-19(27-20)13(3)12-21/h9-11,13-14,22H,6,8,12,21H2,1-4H3,(H,23,26)/t13?,14-/m1/s1. The summed E-state index contributed by atoms with van der Waals surface area (Å²) >= 11 is 0. The highest BCUT2D eigenvalue weighted by molar-refractivity contribution is 5.96. The molecule has 1 unspecified atom stereocenters. The van der Waals surface area contributed by atoms with E-state index in [9.17, 15) is 4.79 Å². The van der Waals surface area contributed by atoms with Crippen LogP contribution in [-0.2, 0) is 0 Å². The fourth-order valence-electron chi connectivity index (χ4n) is 2.44. The van der Waals surface area contributed by atoms with Crippen molar-refractivity contribution in [3.63, 3.8) is 0 Å². The van der Waals surface area contributed by atoms with E-state index in [1.54, 1.807) is 19.1 Å². The minimum Gasteiger partial charge on any atom is -0.420 e. The van der Waals surface area contributed by atoms with Crippen molar-refractivity contribution in [2.75, 3.05) is 18.4 Å². The van der Waals surface area contributed by atoms with Crippen LogP contribution < -0.4 is 16.4 Å². The summed E-state index contributed by atoms with van der Waals surface area (Å²) < 4.78 is 5.75. The van der Waals surface area contributed by atoms with Crippen LogP contribution in [0.1, 0.15) is 56.3 Å². The Bertz CT molecular complexity index is 834. The molecule has 2 atom stereocenters. The Morgan fingerprint density at radius 1 is 1.30 bits per heavy atom. The second-order valence-electron chi connectivity index (χ2n) is 6.40. The number of carbonyl (C=O) groups excluding carboxylic acids is 1. The van der Waals surface area contributed by atoms with Gasteiger partial charge in [0.25, 0.3) is 5.91 Å². The minimum atomic E-state index is -0.237. The van der Waals surface area contributed by atoms with Crippen LogP contribution in [0, 0.1) is 11.8 Å². The van der Waals surface area contributed by atoms with Gasteiger partial charge in [-0.1, -0.05) is 19.8 Å². The van der Waals surface area contributed by atoms with Gasteiger partial charge in [-0.2, -0.15) is 0 Å². The molecule has 7 heteroatoms. The molecule has 0 spiro atoms. The molecule has 1 heterocycles. The highest BCUT2D eigenvalue weighted by atomic mass is 16.4. The summed E-state index contributed by atoms with van der Waals surface area (Å²) in [6.45, 7) is 8.80. The van der Waals surface area contributed by atoms with Crippen molar-refractivity contribution in [1.29, 1.82) is 0 Å². The Morgan fingerprint density at radius 3 is 2.74 bits per heavy atom. The molecule has 2 aromatic rings. The number of anilines is 1. The predicted octanol–water partition coefficient (Wildman–Crippen LogP) is 2.76. The van der Waals surface area contributed by atoms with E-state index in [0.717, 1.165) is 18.7 Å². The van der Waals surface area contributed by atoms with Crippen molar-refractivity contribution in [2.45, 2.75) is 46.1 Å². The summed E-state index contributed by atoms with van der Waals surface area (Å²) in [7, 11) is 0. The zero-order chi connectivity index (χ0) is 19.8. The highest BCUT2D eigenvalue weighted by Crippen LogP contribution is 2.26. The van der Waals surface area contributed by atoms with Gasteiger partial charge in [0.05, 0.1) is 6.04 Å². The number of nitrogens with two attached hydrogens (primary N) is 1. The Labute approximate surface area is 160 Å². The third kappa shape index (κ3) is 5.56. The van der Waals surface area contributed by atoms with Gasteiger partial charge in [-0.3, -0.25) is 4.79 Å². The van der Waals surface area contributed by atoms with E-state index in [0.29, 0.717) is 29.5 Å². The van der Waals surface area contributed by atoms with Gasteiger partial charge >= 0.3 is 0 Å². The maximum atomic E-state index is 12.6. The summed E-state index contributed by atoms with van der Waals surface area (Å²) in [5.74, 6) is 6.33. The largest absolute Gasteiger partial charge is 0.420 e. The van der Waals surface area contributed by atoms with Crippen molar-refractivity contribution >= 4 is 11.6 Å². The van der Waals surface area contributed by atoms with E-state index >= 15 is 0 Å². The monoisotopic (exact) mass is 369 g/mol. The molecule has 1 aromatic carbocycles. The van der Waals surface area contributed by atoms with Gasteiger partial charge in [0.2, 0.25) is 11.8 Å². The first-order chi connectivity index (χ1) is 13.0.